The van der Waals surface area contributed by atoms with Crippen molar-refractivity contribution in [2.45, 2.75) is 13.0 Å². The molecular formula is C13H15BrN4O. The molecule has 1 aromatic heterocycles. The molecule has 1 amide bonds. The van der Waals surface area contributed by atoms with Crippen molar-refractivity contribution >= 4 is 32.7 Å². The number of nitrogens with one attached hydrogen (secondary N) is 2. The van der Waals surface area contributed by atoms with Crippen molar-refractivity contribution in [2.24, 2.45) is 0 Å². The van der Waals surface area contributed by atoms with Crippen LogP contribution in [0.25, 0.3) is 10.9 Å². The second-order valence-electron chi connectivity index (χ2n) is 4.87. The van der Waals surface area contributed by atoms with Crippen LogP contribution in [0.4, 0.5) is 0 Å². The number of piperazine rings is 1. The van der Waals surface area contributed by atoms with Gasteiger partial charge < -0.3 is 10.2 Å². The summed E-state index contributed by atoms with van der Waals surface area (Å²) in [6.07, 6.45) is 0. The first-order valence-corrected chi connectivity index (χ1v) is 7.11. The first kappa shape index (κ1) is 12.6. The van der Waals surface area contributed by atoms with Gasteiger partial charge in [-0.25, -0.2) is 0 Å². The minimum atomic E-state index is -0.00213. The molecule has 1 aliphatic rings. The molecule has 2 heterocycles. The Labute approximate surface area is 119 Å². The molecule has 100 valence electrons. The molecule has 0 radical (unpaired) electrons. The quantitative estimate of drug-likeness (QED) is 0.841. The number of benzene rings is 1. The van der Waals surface area contributed by atoms with Gasteiger partial charge in [0, 0.05) is 35.5 Å². The number of aromatic amines is 1. The van der Waals surface area contributed by atoms with E-state index in [1.165, 1.54) is 0 Å². The van der Waals surface area contributed by atoms with Crippen molar-refractivity contribution in [3.63, 3.8) is 0 Å². The molecule has 19 heavy (non-hydrogen) atoms. The highest BCUT2D eigenvalue weighted by atomic mass is 79.9. The Balaban J connectivity index is 1.95. The van der Waals surface area contributed by atoms with E-state index >= 15 is 0 Å². The van der Waals surface area contributed by atoms with E-state index in [4.69, 9.17) is 0 Å². The van der Waals surface area contributed by atoms with E-state index in [9.17, 15) is 4.79 Å². The lowest BCUT2D eigenvalue weighted by atomic mass is 10.1. The summed E-state index contributed by atoms with van der Waals surface area (Å²) in [7, 11) is 0. The van der Waals surface area contributed by atoms with E-state index in [1.54, 1.807) is 0 Å². The fourth-order valence-electron chi connectivity index (χ4n) is 2.42. The average Bonchev–Trinajstić information content (AvgIpc) is 2.80. The third-order valence-electron chi connectivity index (χ3n) is 3.38. The number of halogens is 1. The van der Waals surface area contributed by atoms with Gasteiger partial charge in [-0.3, -0.25) is 9.89 Å². The molecule has 0 spiro atoms. The van der Waals surface area contributed by atoms with Gasteiger partial charge in [0.05, 0.1) is 5.52 Å². The average molecular weight is 323 g/mol. The third-order valence-corrected chi connectivity index (χ3v) is 3.88. The molecule has 0 saturated carbocycles. The molecule has 2 N–H and O–H groups in total. The van der Waals surface area contributed by atoms with Crippen LogP contribution in [0.3, 0.4) is 0 Å². The Morgan fingerprint density at radius 1 is 1.53 bits per heavy atom. The smallest absolute Gasteiger partial charge is 0.275 e. The number of H-pyrrole nitrogens is 1. The van der Waals surface area contributed by atoms with E-state index in [2.05, 4.69) is 38.4 Å². The Hall–Kier alpha value is -1.40. The summed E-state index contributed by atoms with van der Waals surface area (Å²) in [4.78, 5) is 14.4. The number of hydrogen-bond donors (Lipinski definition) is 2. The van der Waals surface area contributed by atoms with Gasteiger partial charge in [-0.1, -0.05) is 15.9 Å². The summed E-state index contributed by atoms with van der Waals surface area (Å²) in [5, 5.41) is 11.3. The van der Waals surface area contributed by atoms with E-state index in [1.807, 2.05) is 23.1 Å². The second-order valence-corrected chi connectivity index (χ2v) is 5.78. The number of carbonyl (C=O) groups is 1. The van der Waals surface area contributed by atoms with Crippen molar-refractivity contribution in [2.75, 3.05) is 19.6 Å². The summed E-state index contributed by atoms with van der Waals surface area (Å²) in [5.74, 6) is -0.00213. The van der Waals surface area contributed by atoms with Crippen molar-refractivity contribution in [3.05, 3.63) is 28.4 Å². The minimum absolute atomic E-state index is 0.00213. The van der Waals surface area contributed by atoms with Crippen molar-refractivity contribution in [1.29, 1.82) is 0 Å². The van der Waals surface area contributed by atoms with Crippen molar-refractivity contribution in [1.82, 2.24) is 20.4 Å². The molecule has 5 nitrogen and oxygen atoms in total. The predicted molar refractivity (Wildman–Crippen MR) is 77.2 cm³/mol. The number of amides is 1. The molecule has 1 fully saturated rings. The molecular weight excluding hydrogens is 308 g/mol. The zero-order valence-corrected chi connectivity index (χ0v) is 12.2. The summed E-state index contributed by atoms with van der Waals surface area (Å²) < 4.78 is 0.948. The Bertz CT molecular complexity index is 624. The number of aromatic nitrogens is 2. The van der Waals surface area contributed by atoms with Crippen molar-refractivity contribution < 1.29 is 4.79 Å². The topological polar surface area (TPSA) is 61.0 Å². The van der Waals surface area contributed by atoms with E-state index < -0.39 is 0 Å². The molecule has 0 aliphatic carbocycles. The van der Waals surface area contributed by atoms with Crippen LogP contribution in [0.1, 0.15) is 17.4 Å². The molecule has 1 aromatic carbocycles. The lowest BCUT2D eigenvalue weighted by Gasteiger charge is -2.31. The molecule has 2 aromatic rings. The monoisotopic (exact) mass is 322 g/mol. The lowest BCUT2D eigenvalue weighted by molar-refractivity contribution is 0.0705. The molecule has 3 rings (SSSR count). The molecule has 1 saturated heterocycles. The predicted octanol–water partition coefficient (Wildman–Crippen LogP) is 1.76. The fourth-order valence-corrected chi connectivity index (χ4v) is 2.78. The van der Waals surface area contributed by atoms with Gasteiger partial charge in [-0.05, 0) is 25.1 Å². The molecule has 1 aliphatic heterocycles. The minimum Gasteiger partial charge on any atom is -0.334 e. The van der Waals surface area contributed by atoms with Gasteiger partial charge in [0.25, 0.3) is 5.91 Å². The number of carbonyl (C=O) groups excluding carboxylic acids is 1. The van der Waals surface area contributed by atoms with E-state index in [0.717, 1.165) is 35.0 Å². The Kier molecular flexibility index (Phi) is 3.28. The Morgan fingerprint density at radius 3 is 3.16 bits per heavy atom. The van der Waals surface area contributed by atoms with E-state index in [0.29, 0.717) is 11.7 Å². The first-order chi connectivity index (χ1) is 9.15. The maximum atomic E-state index is 12.5. The highest BCUT2D eigenvalue weighted by molar-refractivity contribution is 9.10. The Morgan fingerprint density at radius 2 is 2.37 bits per heavy atom. The largest absolute Gasteiger partial charge is 0.334 e. The fraction of sp³-hybridized carbons (Fsp3) is 0.385. The van der Waals surface area contributed by atoms with Gasteiger partial charge in [-0.2, -0.15) is 5.10 Å². The maximum absolute atomic E-state index is 12.5. The standard InChI is InChI=1S/C13H15BrN4O/c1-8-7-18(5-4-15-8)13(19)12-10-6-9(14)2-3-11(10)16-17-12/h2-3,6,8,15H,4-5,7H2,1H3,(H,16,17)/t8-/m0/s1. The molecule has 0 bridgehead atoms. The molecule has 1 atom stereocenters. The van der Waals surface area contributed by atoms with Crippen LogP contribution < -0.4 is 5.32 Å². The summed E-state index contributed by atoms with van der Waals surface area (Å²) in [5.41, 5.74) is 1.39. The van der Waals surface area contributed by atoms with Crippen LogP contribution >= 0.6 is 15.9 Å². The van der Waals surface area contributed by atoms with Gasteiger partial charge in [0.1, 0.15) is 0 Å². The van der Waals surface area contributed by atoms with Gasteiger partial charge in [0.15, 0.2) is 5.69 Å². The summed E-state index contributed by atoms with van der Waals surface area (Å²) in [6.45, 7) is 4.37. The van der Waals surface area contributed by atoms with Crippen LogP contribution in [-0.4, -0.2) is 46.7 Å². The highest BCUT2D eigenvalue weighted by Crippen LogP contribution is 2.22. The van der Waals surface area contributed by atoms with Gasteiger partial charge >= 0.3 is 0 Å². The molecule has 0 unspecified atom stereocenters. The van der Waals surface area contributed by atoms with Crippen LogP contribution in [0, 0.1) is 0 Å². The lowest BCUT2D eigenvalue weighted by Crippen LogP contribution is -2.51. The van der Waals surface area contributed by atoms with Gasteiger partial charge in [-0.15, -0.1) is 0 Å². The normalized spacial score (nSPS) is 19.9. The third kappa shape index (κ3) is 2.37. The summed E-state index contributed by atoms with van der Waals surface area (Å²) >= 11 is 3.43. The van der Waals surface area contributed by atoms with Crippen LogP contribution in [0.5, 0.6) is 0 Å². The molecule has 6 heteroatoms. The number of fused-ring (bicyclic) bond motifs is 1. The first-order valence-electron chi connectivity index (χ1n) is 6.31. The zero-order valence-electron chi connectivity index (χ0n) is 10.6. The van der Waals surface area contributed by atoms with Gasteiger partial charge in [0.2, 0.25) is 0 Å². The highest BCUT2D eigenvalue weighted by Gasteiger charge is 2.24. The van der Waals surface area contributed by atoms with Crippen molar-refractivity contribution in [3.8, 4) is 0 Å². The number of hydrogen-bond acceptors (Lipinski definition) is 3. The zero-order chi connectivity index (χ0) is 13.4. The summed E-state index contributed by atoms with van der Waals surface area (Å²) in [6, 6.07) is 6.11. The SMILES string of the molecule is C[C@H]1CN(C(=O)c2n[nH]c3ccc(Br)cc23)CCN1. The maximum Gasteiger partial charge on any atom is 0.275 e. The van der Waals surface area contributed by atoms with E-state index in [-0.39, 0.29) is 5.91 Å². The number of rotatable bonds is 1. The van der Waals surface area contributed by atoms with Crippen LogP contribution in [-0.2, 0) is 0 Å². The second kappa shape index (κ2) is 4.94. The van der Waals surface area contributed by atoms with Crippen LogP contribution in [0.2, 0.25) is 0 Å². The van der Waals surface area contributed by atoms with Crippen LogP contribution in [0.15, 0.2) is 22.7 Å². The number of nitrogens with zero attached hydrogens (tertiary/aromatic N) is 2.